The summed E-state index contributed by atoms with van der Waals surface area (Å²) in [6.45, 7) is 6.05. The minimum Gasteiger partial charge on any atom is -0.465 e. The number of furan rings is 1. The first-order chi connectivity index (χ1) is 9.63. The van der Waals surface area contributed by atoms with E-state index in [1.54, 1.807) is 0 Å². The predicted molar refractivity (Wildman–Crippen MR) is 77.4 cm³/mol. The Balaban J connectivity index is 1.76. The maximum atomic E-state index is 5.77. The van der Waals surface area contributed by atoms with Crippen LogP contribution in [0, 0.1) is 6.92 Å². The van der Waals surface area contributed by atoms with Crippen molar-refractivity contribution in [2.45, 2.75) is 32.9 Å². The van der Waals surface area contributed by atoms with E-state index in [0.29, 0.717) is 5.89 Å². The van der Waals surface area contributed by atoms with Gasteiger partial charge >= 0.3 is 0 Å². The molecule has 20 heavy (non-hydrogen) atoms. The van der Waals surface area contributed by atoms with Crippen LogP contribution in [0.5, 0.6) is 0 Å². The molecule has 1 aromatic carbocycles. The molecule has 2 aromatic heterocycles. The number of aromatic nitrogens is 1. The van der Waals surface area contributed by atoms with Crippen molar-refractivity contribution < 1.29 is 8.83 Å². The van der Waals surface area contributed by atoms with Gasteiger partial charge in [-0.1, -0.05) is 12.1 Å². The molecule has 104 valence electrons. The van der Waals surface area contributed by atoms with Gasteiger partial charge in [-0.3, -0.25) is 5.32 Å². The average Bonchev–Trinajstić information content (AvgIpc) is 3.04. The van der Waals surface area contributed by atoms with Gasteiger partial charge in [-0.25, -0.2) is 4.98 Å². The first-order valence-corrected chi connectivity index (χ1v) is 6.81. The Hall–Kier alpha value is -2.07. The van der Waals surface area contributed by atoms with Crippen LogP contribution in [-0.2, 0) is 0 Å². The number of benzene rings is 1. The highest BCUT2D eigenvalue weighted by molar-refractivity contribution is 5.72. The third kappa shape index (κ3) is 2.47. The molecule has 1 N–H and O–H groups in total. The van der Waals surface area contributed by atoms with E-state index in [0.717, 1.165) is 22.6 Å². The van der Waals surface area contributed by atoms with Gasteiger partial charge in [0.25, 0.3) is 0 Å². The average molecular weight is 270 g/mol. The molecule has 0 fully saturated rings. The molecule has 4 nitrogen and oxygen atoms in total. The summed E-state index contributed by atoms with van der Waals surface area (Å²) < 4.78 is 11.4. The van der Waals surface area contributed by atoms with Crippen LogP contribution >= 0.6 is 0 Å². The molecule has 0 radical (unpaired) electrons. The summed E-state index contributed by atoms with van der Waals surface area (Å²) in [6.07, 6.45) is 0. The fourth-order valence-electron chi connectivity index (χ4n) is 2.29. The Morgan fingerprint density at radius 3 is 2.50 bits per heavy atom. The summed E-state index contributed by atoms with van der Waals surface area (Å²) in [5, 5.41) is 3.44. The Bertz CT molecular complexity index is 681. The van der Waals surface area contributed by atoms with Crippen LogP contribution in [0.25, 0.3) is 11.1 Å². The van der Waals surface area contributed by atoms with Gasteiger partial charge in [0.1, 0.15) is 17.0 Å². The first kappa shape index (κ1) is 12.9. The Labute approximate surface area is 117 Å². The molecule has 0 saturated heterocycles. The summed E-state index contributed by atoms with van der Waals surface area (Å²) in [5.41, 5.74) is 1.70. The zero-order chi connectivity index (χ0) is 14.1. The third-order valence-electron chi connectivity index (χ3n) is 3.37. The van der Waals surface area contributed by atoms with Crippen molar-refractivity contribution in [1.82, 2.24) is 10.3 Å². The zero-order valence-electron chi connectivity index (χ0n) is 11.9. The number of rotatable bonds is 4. The third-order valence-corrected chi connectivity index (χ3v) is 3.37. The lowest BCUT2D eigenvalue weighted by molar-refractivity contribution is 0.360. The highest BCUT2D eigenvalue weighted by Crippen LogP contribution is 2.23. The van der Waals surface area contributed by atoms with E-state index in [4.69, 9.17) is 8.83 Å². The van der Waals surface area contributed by atoms with Crippen molar-refractivity contribution in [2.75, 3.05) is 0 Å². The largest absolute Gasteiger partial charge is 0.465 e. The van der Waals surface area contributed by atoms with Crippen LogP contribution in [0.2, 0.25) is 0 Å². The molecule has 0 spiro atoms. The smallest absolute Gasteiger partial charge is 0.212 e. The number of nitrogens with one attached hydrogen (secondary N) is 1. The second-order valence-corrected chi connectivity index (χ2v) is 5.08. The first-order valence-electron chi connectivity index (χ1n) is 6.81. The molecule has 0 saturated carbocycles. The van der Waals surface area contributed by atoms with Crippen molar-refractivity contribution in [3.05, 3.63) is 53.8 Å². The van der Waals surface area contributed by atoms with E-state index in [1.165, 1.54) is 0 Å². The summed E-state index contributed by atoms with van der Waals surface area (Å²) in [5.74, 6) is 2.54. The highest BCUT2D eigenvalue weighted by atomic mass is 16.4. The molecule has 0 bridgehead atoms. The van der Waals surface area contributed by atoms with E-state index in [1.807, 2.05) is 50.2 Å². The van der Waals surface area contributed by atoms with Crippen molar-refractivity contribution in [2.24, 2.45) is 0 Å². The molecule has 2 heterocycles. The quantitative estimate of drug-likeness (QED) is 0.774. The number of nitrogens with zero attached hydrogens (tertiary/aromatic N) is 1. The molecule has 3 rings (SSSR count). The molecule has 0 amide bonds. The predicted octanol–water partition coefficient (Wildman–Crippen LogP) is 4.14. The lowest BCUT2D eigenvalue weighted by Gasteiger charge is -2.15. The minimum absolute atomic E-state index is 0.0165. The van der Waals surface area contributed by atoms with Gasteiger partial charge in [-0.15, -0.1) is 0 Å². The fourth-order valence-corrected chi connectivity index (χ4v) is 2.29. The second-order valence-electron chi connectivity index (χ2n) is 5.08. The van der Waals surface area contributed by atoms with Gasteiger partial charge in [0.2, 0.25) is 5.89 Å². The van der Waals surface area contributed by atoms with Crippen LogP contribution in [0.3, 0.4) is 0 Å². The topological polar surface area (TPSA) is 51.2 Å². The van der Waals surface area contributed by atoms with Gasteiger partial charge in [-0.2, -0.15) is 0 Å². The van der Waals surface area contributed by atoms with Crippen molar-refractivity contribution >= 4 is 11.1 Å². The van der Waals surface area contributed by atoms with Crippen LogP contribution in [0.4, 0.5) is 0 Å². The molecule has 0 unspecified atom stereocenters. The van der Waals surface area contributed by atoms with Crippen LogP contribution in [0.15, 0.2) is 45.2 Å². The van der Waals surface area contributed by atoms with Gasteiger partial charge in [0.05, 0.1) is 12.1 Å². The SMILES string of the molecule is Cc1ccc([C@@H](C)N[C@H](C)c2nc3ccccc3o2)o1. The lowest BCUT2D eigenvalue weighted by atomic mass is 10.2. The molecular formula is C16H18N2O2. The van der Waals surface area contributed by atoms with Crippen molar-refractivity contribution in [1.29, 1.82) is 0 Å². The van der Waals surface area contributed by atoms with E-state index >= 15 is 0 Å². The number of aryl methyl sites for hydroxylation is 1. The van der Waals surface area contributed by atoms with Gasteiger partial charge in [0.15, 0.2) is 5.58 Å². The number of hydrogen-bond acceptors (Lipinski definition) is 4. The number of oxazole rings is 1. The van der Waals surface area contributed by atoms with E-state index in [9.17, 15) is 0 Å². The second kappa shape index (κ2) is 5.13. The summed E-state index contributed by atoms with van der Waals surface area (Å²) >= 11 is 0. The molecule has 2 atom stereocenters. The number of hydrogen-bond donors (Lipinski definition) is 1. The molecule has 0 aliphatic carbocycles. The summed E-state index contributed by atoms with van der Waals surface area (Å²) in [6, 6.07) is 11.9. The Morgan fingerprint density at radius 2 is 1.80 bits per heavy atom. The van der Waals surface area contributed by atoms with Gasteiger partial charge in [0, 0.05) is 0 Å². The van der Waals surface area contributed by atoms with E-state index in [2.05, 4.69) is 17.2 Å². The standard InChI is InChI=1S/C16H18N2O2/c1-10-8-9-14(19-10)11(2)17-12(3)16-18-13-6-4-5-7-15(13)20-16/h4-9,11-12,17H,1-3H3/t11-,12-/m1/s1. The zero-order valence-corrected chi connectivity index (χ0v) is 11.9. The van der Waals surface area contributed by atoms with Gasteiger partial charge in [-0.05, 0) is 45.0 Å². The molecule has 3 aromatic rings. The molecule has 0 aliphatic rings. The van der Waals surface area contributed by atoms with E-state index < -0.39 is 0 Å². The normalized spacial score (nSPS) is 14.6. The van der Waals surface area contributed by atoms with Crippen molar-refractivity contribution in [3.8, 4) is 0 Å². The van der Waals surface area contributed by atoms with Crippen LogP contribution in [0.1, 0.15) is 43.3 Å². The number of fused-ring (bicyclic) bond motifs is 1. The maximum absolute atomic E-state index is 5.77. The Morgan fingerprint density at radius 1 is 1.00 bits per heavy atom. The van der Waals surface area contributed by atoms with Crippen molar-refractivity contribution in [3.63, 3.8) is 0 Å². The Kier molecular flexibility index (Phi) is 3.32. The fraction of sp³-hybridized carbons (Fsp3) is 0.312. The summed E-state index contributed by atoms with van der Waals surface area (Å²) in [7, 11) is 0. The van der Waals surface area contributed by atoms with Crippen LogP contribution < -0.4 is 5.32 Å². The maximum Gasteiger partial charge on any atom is 0.212 e. The molecular weight excluding hydrogens is 252 g/mol. The summed E-state index contributed by atoms with van der Waals surface area (Å²) in [4.78, 5) is 4.50. The number of para-hydroxylation sites is 2. The highest BCUT2D eigenvalue weighted by Gasteiger charge is 2.18. The van der Waals surface area contributed by atoms with Gasteiger partial charge < -0.3 is 8.83 Å². The van der Waals surface area contributed by atoms with E-state index in [-0.39, 0.29) is 12.1 Å². The molecule has 0 aliphatic heterocycles. The molecule has 4 heteroatoms. The lowest BCUT2D eigenvalue weighted by Crippen LogP contribution is -2.22. The monoisotopic (exact) mass is 270 g/mol. The minimum atomic E-state index is 0.0165. The van der Waals surface area contributed by atoms with Crippen LogP contribution in [-0.4, -0.2) is 4.98 Å².